The molecular weight excluding hydrogens is 361 g/mol. The van der Waals surface area contributed by atoms with E-state index < -0.39 is 0 Å². The molecule has 0 saturated heterocycles. The molecule has 0 aliphatic carbocycles. The van der Waals surface area contributed by atoms with Crippen molar-refractivity contribution < 1.29 is 4.79 Å². The van der Waals surface area contributed by atoms with Crippen LogP contribution in [-0.4, -0.2) is 37.4 Å². The van der Waals surface area contributed by atoms with Crippen molar-refractivity contribution >= 4 is 30.7 Å². The van der Waals surface area contributed by atoms with Crippen LogP contribution in [0, 0.1) is 6.92 Å². The molecule has 4 rings (SSSR count). The van der Waals surface area contributed by atoms with E-state index in [1.807, 2.05) is 35.9 Å². The highest BCUT2D eigenvalue weighted by Gasteiger charge is 2.25. The van der Waals surface area contributed by atoms with E-state index in [1.165, 1.54) is 0 Å². The fraction of sp³-hybridized carbons (Fsp3) is 0.176. The largest absolute Gasteiger partial charge is 0.334 e. The molecule has 0 aromatic carbocycles. The number of pyridine rings is 1. The number of rotatable bonds is 1. The average Bonchev–Trinajstić information content (AvgIpc) is 3.01. The molecule has 1 aliphatic rings. The van der Waals surface area contributed by atoms with Crippen molar-refractivity contribution in [1.82, 2.24) is 24.4 Å². The molecular formula is C17H17Cl2N5O. The zero-order valence-electron chi connectivity index (χ0n) is 13.7. The standard InChI is InChI=1S/C17H15N5O.2ClH/c1-11-12(5-3-7-18-11)13-9-19-14-10-21(2)17(23)15-6-4-8-22(15)16(14)20-13;;/h3-9H,10H2,1-2H3;2*1H. The third-order valence-corrected chi connectivity index (χ3v) is 4.04. The van der Waals surface area contributed by atoms with Gasteiger partial charge in [0.1, 0.15) is 11.4 Å². The number of aromatic nitrogens is 4. The second-order valence-electron chi connectivity index (χ2n) is 5.59. The summed E-state index contributed by atoms with van der Waals surface area (Å²) < 4.78 is 1.81. The number of carbonyl (C=O) groups is 1. The summed E-state index contributed by atoms with van der Waals surface area (Å²) in [5.41, 5.74) is 3.98. The van der Waals surface area contributed by atoms with E-state index in [0.29, 0.717) is 18.1 Å². The number of amides is 1. The zero-order valence-corrected chi connectivity index (χ0v) is 15.3. The number of halogens is 2. The molecule has 1 aliphatic heterocycles. The number of carbonyl (C=O) groups excluding carboxylic acids is 1. The molecule has 3 aromatic rings. The van der Waals surface area contributed by atoms with Crippen LogP contribution >= 0.6 is 24.8 Å². The Morgan fingerprint density at radius 1 is 1.12 bits per heavy atom. The van der Waals surface area contributed by atoms with E-state index in [1.54, 1.807) is 30.4 Å². The summed E-state index contributed by atoms with van der Waals surface area (Å²) in [4.78, 5) is 27.7. The van der Waals surface area contributed by atoms with Crippen LogP contribution in [-0.2, 0) is 6.54 Å². The first kappa shape index (κ1) is 18.9. The van der Waals surface area contributed by atoms with Gasteiger partial charge in [-0.05, 0) is 31.2 Å². The van der Waals surface area contributed by atoms with E-state index >= 15 is 0 Å². The first-order valence-corrected chi connectivity index (χ1v) is 7.36. The smallest absolute Gasteiger partial charge is 0.270 e. The summed E-state index contributed by atoms with van der Waals surface area (Å²) in [5, 5.41) is 0. The molecule has 0 radical (unpaired) electrons. The number of hydrogen-bond acceptors (Lipinski definition) is 4. The van der Waals surface area contributed by atoms with Crippen molar-refractivity contribution in [3.63, 3.8) is 0 Å². The van der Waals surface area contributed by atoms with Crippen LogP contribution in [0.2, 0.25) is 0 Å². The van der Waals surface area contributed by atoms with Crippen molar-refractivity contribution in [3.8, 4) is 17.1 Å². The minimum Gasteiger partial charge on any atom is -0.334 e. The van der Waals surface area contributed by atoms with Crippen molar-refractivity contribution in [1.29, 1.82) is 0 Å². The van der Waals surface area contributed by atoms with Gasteiger partial charge in [-0.3, -0.25) is 19.3 Å². The summed E-state index contributed by atoms with van der Waals surface area (Å²) >= 11 is 0. The number of hydrogen-bond donors (Lipinski definition) is 0. The zero-order chi connectivity index (χ0) is 16.0. The van der Waals surface area contributed by atoms with Crippen molar-refractivity contribution in [2.24, 2.45) is 0 Å². The van der Waals surface area contributed by atoms with E-state index in [0.717, 1.165) is 22.6 Å². The van der Waals surface area contributed by atoms with Crippen LogP contribution in [0.3, 0.4) is 0 Å². The molecule has 25 heavy (non-hydrogen) atoms. The Balaban J connectivity index is 0.00000113. The summed E-state index contributed by atoms with van der Waals surface area (Å²) in [6.07, 6.45) is 5.35. The summed E-state index contributed by atoms with van der Waals surface area (Å²) in [7, 11) is 1.77. The first-order chi connectivity index (χ1) is 11.1. The summed E-state index contributed by atoms with van der Waals surface area (Å²) in [5.74, 6) is 0.664. The highest BCUT2D eigenvalue weighted by atomic mass is 35.5. The Morgan fingerprint density at radius 3 is 2.68 bits per heavy atom. The SMILES string of the molecule is Cc1ncccc1-c1cnc2c(n1)-n1cccc1C(=O)N(C)C2.Cl.Cl. The van der Waals surface area contributed by atoms with E-state index in [4.69, 9.17) is 4.98 Å². The molecule has 0 bridgehead atoms. The fourth-order valence-electron chi connectivity index (χ4n) is 2.83. The molecule has 0 fully saturated rings. The third kappa shape index (κ3) is 3.10. The van der Waals surface area contributed by atoms with Crippen LogP contribution in [0.5, 0.6) is 0 Å². The summed E-state index contributed by atoms with van der Waals surface area (Å²) in [6.45, 7) is 2.39. The number of nitrogens with zero attached hydrogens (tertiary/aromatic N) is 5. The second kappa shape index (κ2) is 7.21. The quantitative estimate of drug-likeness (QED) is 0.653. The molecule has 3 aromatic heterocycles. The van der Waals surface area contributed by atoms with Gasteiger partial charge in [0.2, 0.25) is 0 Å². The van der Waals surface area contributed by atoms with Crippen LogP contribution in [0.4, 0.5) is 0 Å². The van der Waals surface area contributed by atoms with E-state index in [-0.39, 0.29) is 30.7 Å². The van der Waals surface area contributed by atoms with Gasteiger partial charge in [-0.1, -0.05) is 0 Å². The van der Waals surface area contributed by atoms with Gasteiger partial charge in [-0.25, -0.2) is 4.98 Å². The molecule has 4 heterocycles. The molecule has 0 N–H and O–H groups in total. The highest BCUT2D eigenvalue weighted by Crippen LogP contribution is 2.25. The van der Waals surface area contributed by atoms with Gasteiger partial charge >= 0.3 is 0 Å². The lowest BCUT2D eigenvalue weighted by molar-refractivity contribution is 0.0781. The van der Waals surface area contributed by atoms with Gasteiger partial charge in [-0.2, -0.15) is 0 Å². The minimum absolute atomic E-state index is 0. The average molecular weight is 378 g/mol. The van der Waals surface area contributed by atoms with Gasteiger partial charge in [0.25, 0.3) is 5.91 Å². The fourth-order valence-corrected chi connectivity index (χ4v) is 2.83. The van der Waals surface area contributed by atoms with Crippen LogP contribution in [0.15, 0.2) is 42.9 Å². The van der Waals surface area contributed by atoms with Gasteiger partial charge in [0.15, 0.2) is 5.82 Å². The highest BCUT2D eigenvalue weighted by molar-refractivity contribution is 5.93. The Bertz CT molecular complexity index is 925. The van der Waals surface area contributed by atoms with Gasteiger partial charge in [0, 0.05) is 30.7 Å². The second-order valence-corrected chi connectivity index (χ2v) is 5.59. The number of fused-ring (bicyclic) bond motifs is 3. The Hall–Kier alpha value is -2.44. The van der Waals surface area contributed by atoms with Gasteiger partial charge < -0.3 is 4.90 Å². The van der Waals surface area contributed by atoms with Crippen molar-refractivity contribution in [2.75, 3.05) is 7.05 Å². The third-order valence-electron chi connectivity index (χ3n) is 4.04. The maximum Gasteiger partial charge on any atom is 0.270 e. The Morgan fingerprint density at radius 2 is 1.92 bits per heavy atom. The molecule has 8 heteroatoms. The molecule has 0 saturated carbocycles. The summed E-state index contributed by atoms with van der Waals surface area (Å²) in [6, 6.07) is 7.51. The molecule has 0 unspecified atom stereocenters. The number of aryl methyl sites for hydroxylation is 1. The van der Waals surface area contributed by atoms with Crippen molar-refractivity contribution in [3.05, 3.63) is 59.9 Å². The van der Waals surface area contributed by atoms with E-state index in [2.05, 4.69) is 9.97 Å². The van der Waals surface area contributed by atoms with Gasteiger partial charge in [0.05, 0.1) is 18.4 Å². The normalized spacial score (nSPS) is 12.4. The Kier molecular flexibility index (Phi) is 5.45. The van der Waals surface area contributed by atoms with Crippen LogP contribution in [0.25, 0.3) is 17.1 Å². The lowest BCUT2D eigenvalue weighted by Crippen LogP contribution is -2.25. The molecule has 1 amide bonds. The predicted molar refractivity (Wildman–Crippen MR) is 99.6 cm³/mol. The first-order valence-electron chi connectivity index (χ1n) is 7.36. The lowest BCUT2D eigenvalue weighted by atomic mass is 10.1. The molecule has 6 nitrogen and oxygen atoms in total. The maximum absolute atomic E-state index is 12.4. The molecule has 0 spiro atoms. The predicted octanol–water partition coefficient (Wildman–Crippen LogP) is 3.07. The Labute approximate surface area is 157 Å². The van der Waals surface area contributed by atoms with Crippen LogP contribution in [0.1, 0.15) is 21.9 Å². The van der Waals surface area contributed by atoms with Gasteiger partial charge in [-0.15, -0.1) is 24.8 Å². The maximum atomic E-state index is 12.4. The molecule has 130 valence electrons. The van der Waals surface area contributed by atoms with Crippen LogP contribution < -0.4 is 0 Å². The minimum atomic E-state index is -0.0334. The van der Waals surface area contributed by atoms with E-state index in [9.17, 15) is 4.79 Å². The lowest BCUT2D eigenvalue weighted by Gasteiger charge is -2.13. The van der Waals surface area contributed by atoms with Crippen molar-refractivity contribution in [2.45, 2.75) is 13.5 Å². The monoisotopic (exact) mass is 377 g/mol. The topological polar surface area (TPSA) is 63.9 Å². The molecule has 0 atom stereocenters.